The smallest absolute Gasteiger partial charge is 0.305 e. The second kappa shape index (κ2) is 32.8. The zero-order chi connectivity index (χ0) is 34.9. The standard InChI is InChI=1S/C42H78O6/c1-4-6-25-31-39-40(48-39)32-27-22-18-15-16-20-24-29-34-42(45)47-36-38(43)35-46-41(44)33-28-23-19-14-12-10-8-7-9-11-13-17-21-26-30-37(3)5-2/h22,27,37-40,43H,4-21,23-26,28-36H2,1-3H3/b27-22-/t37?,38-,39?,40?/m1/s1. The van der Waals surface area contributed by atoms with E-state index < -0.39 is 6.10 Å². The monoisotopic (exact) mass is 679 g/mol. The first kappa shape index (κ1) is 44.6. The van der Waals surface area contributed by atoms with Crippen LogP contribution in [-0.4, -0.2) is 48.6 Å². The highest BCUT2D eigenvalue weighted by atomic mass is 16.6. The maximum Gasteiger partial charge on any atom is 0.305 e. The number of allylic oxidation sites excluding steroid dienone is 1. The van der Waals surface area contributed by atoms with Crippen molar-refractivity contribution in [2.75, 3.05) is 13.2 Å². The highest BCUT2D eigenvalue weighted by Gasteiger charge is 2.36. The number of rotatable bonds is 36. The topological polar surface area (TPSA) is 85.4 Å². The average molecular weight is 679 g/mol. The van der Waals surface area contributed by atoms with Crippen molar-refractivity contribution in [3.05, 3.63) is 12.2 Å². The number of ether oxygens (including phenoxy) is 3. The van der Waals surface area contributed by atoms with Gasteiger partial charge in [0.1, 0.15) is 19.3 Å². The molecule has 1 heterocycles. The van der Waals surface area contributed by atoms with Crippen LogP contribution < -0.4 is 0 Å². The Bertz CT molecular complexity index is 767. The molecule has 1 fully saturated rings. The molecule has 48 heavy (non-hydrogen) atoms. The van der Waals surface area contributed by atoms with Crippen LogP contribution in [0.3, 0.4) is 0 Å². The Hall–Kier alpha value is -1.40. The number of epoxide rings is 1. The second-order valence-corrected chi connectivity index (χ2v) is 14.7. The van der Waals surface area contributed by atoms with Crippen LogP contribution in [0.25, 0.3) is 0 Å². The molecule has 0 amide bonds. The number of esters is 2. The highest BCUT2D eigenvalue weighted by molar-refractivity contribution is 5.69. The molecule has 3 unspecified atom stereocenters. The van der Waals surface area contributed by atoms with Crippen LogP contribution in [0.5, 0.6) is 0 Å². The minimum atomic E-state index is -0.969. The number of hydrogen-bond acceptors (Lipinski definition) is 6. The summed E-state index contributed by atoms with van der Waals surface area (Å²) < 4.78 is 16.1. The van der Waals surface area contributed by atoms with Crippen molar-refractivity contribution in [1.82, 2.24) is 0 Å². The lowest BCUT2D eigenvalue weighted by atomic mass is 9.99. The summed E-state index contributed by atoms with van der Waals surface area (Å²) in [4.78, 5) is 24.0. The molecule has 1 saturated heterocycles. The van der Waals surface area contributed by atoms with E-state index in [1.165, 1.54) is 122 Å². The van der Waals surface area contributed by atoms with Gasteiger partial charge in [0.15, 0.2) is 0 Å². The first-order valence-corrected chi connectivity index (χ1v) is 20.8. The van der Waals surface area contributed by atoms with Gasteiger partial charge in [0.05, 0.1) is 12.2 Å². The molecule has 0 aromatic carbocycles. The summed E-state index contributed by atoms with van der Waals surface area (Å²) >= 11 is 0. The molecule has 1 aliphatic rings. The normalized spacial score (nSPS) is 17.1. The summed E-state index contributed by atoms with van der Waals surface area (Å²) in [7, 11) is 0. The Balaban J connectivity index is 1.79. The minimum absolute atomic E-state index is 0.119. The lowest BCUT2D eigenvalue weighted by molar-refractivity contribution is -0.152. The van der Waals surface area contributed by atoms with Crippen LogP contribution in [0.15, 0.2) is 12.2 Å². The molecular weight excluding hydrogens is 600 g/mol. The summed E-state index contributed by atoms with van der Waals surface area (Å²) in [5.41, 5.74) is 0. The molecule has 0 spiro atoms. The van der Waals surface area contributed by atoms with Gasteiger partial charge in [0.2, 0.25) is 0 Å². The van der Waals surface area contributed by atoms with Crippen LogP contribution in [0.1, 0.15) is 207 Å². The van der Waals surface area contributed by atoms with Gasteiger partial charge in [-0.3, -0.25) is 9.59 Å². The number of carbonyl (C=O) groups is 2. The van der Waals surface area contributed by atoms with Gasteiger partial charge in [-0.2, -0.15) is 0 Å². The maximum absolute atomic E-state index is 12.0. The number of aliphatic hydroxyl groups is 1. The second-order valence-electron chi connectivity index (χ2n) is 14.7. The molecule has 0 aliphatic carbocycles. The Morgan fingerprint density at radius 3 is 1.60 bits per heavy atom. The number of carbonyl (C=O) groups excluding carboxylic acids is 2. The summed E-state index contributed by atoms with van der Waals surface area (Å²) in [6.45, 7) is 6.66. The van der Waals surface area contributed by atoms with Crippen LogP contribution in [0, 0.1) is 5.92 Å². The Morgan fingerprint density at radius 2 is 1.10 bits per heavy atom. The molecule has 0 bridgehead atoms. The van der Waals surface area contributed by atoms with E-state index in [1.54, 1.807) is 0 Å². The van der Waals surface area contributed by atoms with Crippen LogP contribution in [0.4, 0.5) is 0 Å². The molecule has 0 saturated carbocycles. The van der Waals surface area contributed by atoms with Crippen LogP contribution in [0.2, 0.25) is 0 Å². The molecule has 1 rings (SSSR count). The van der Waals surface area contributed by atoms with Crippen molar-refractivity contribution in [3.8, 4) is 0 Å². The van der Waals surface area contributed by atoms with Crippen molar-refractivity contribution in [2.24, 2.45) is 5.92 Å². The zero-order valence-electron chi connectivity index (χ0n) is 31.9. The lowest BCUT2D eigenvalue weighted by Crippen LogP contribution is -2.25. The summed E-state index contributed by atoms with van der Waals surface area (Å²) in [6, 6.07) is 0. The van der Waals surface area contributed by atoms with Gasteiger partial charge in [-0.05, 0) is 44.4 Å². The van der Waals surface area contributed by atoms with Gasteiger partial charge < -0.3 is 19.3 Å². The van der Waals surface area contributed by atoms with Crippen LogP contribution >= 0.6 is 0 Å². The van der Waals surface area contributed by atoms with Crippen molar-refractivity contribution < 1.29 is 28.9 Å². The number of unbranched alkanes of at least 4 members (excludes halogenated alkanes) is 20. The van der Waals surface area contributed by atoms with E-state index in [0.29, 0.717) is 25.0 Å². The third kappa shape index (κ3) is 29.5. The highest BCUT2D eigenvalue weighted by Crippen LogP contribution is 2.30. The summed E-state index contributed by atoms with van der Waals surface area (Å²) in [5, 5.41) is 10.0. The third-order valence-corrected chi connectivity index (χ3v) is 9.96. The van der Waals surface area contributed by atoms with Crippen molar-refractivity contribution >= 4 is 11.9 Å². The van der Waals surface area contributed by atoms with E-state index >= 15 is 0 Å². The minimum Gasteiger partial charge on any atom is -0.463 e. The van der Waals surface area contributed by atoms with Crippen LogP contribution in [-0.2, 0) is 23.8 Å². The molecular formula is C42H78O6. The van der Waals surface area contributed by atoms with Crippen molar-refractivity contribution in [1.29, 1.82) is 0 Å². The third-order valence-electron chi connectivity index (χ3n) is 9.96. The van der Waals surface area contributed by atoms with Gasteiger partial charge in [-0.1, -0.05) is 168 Å². The fourth-order valence-electron chi connectivity index (χ4n) is 6.30. The SMILES string of the molecule is CCCCCC1OC1C/C=C\CCCCCCCC(=O)OC[C@H](O)COC(=O)CCCCCCCCCCCCCCCCC(C)CC. The van der Waals surface area contributed by atoms with Gasteiger partial charge in [-0.25, -0.2) is 0 Å². The first-order valence-electron chi connectivity index (χ1n) is 20.8. The molecule has 1 aliphatic heterocycles. The van der Waals surface area contributed by atoms with E-state index in [9.17, 15) is 14.7 Å². The quantitative estimate of drug-likeness (QED) is 0.0307. The Kier molecular flexibility index (Phi) is 30.5. The predicted octanol–water partition coefficient (Wildman–Crippen LogP) is 11.7. The Labute approximate surface area is 296 Å². The molecule has 6 nitrogen and oxygen atoms in total. The lowest BCUT2D eigenvalue weighted by Gasteiger charge is -2.12. The molecule has 6 heteroatoms. The molecule has 0 aromatic rings. The maximum atomic E-state index is 12.0. The van der Waals surface area contributed by atoms with E-state index in [-0.39, 0.29) is 25.2 Å². The fourth-order valence-corrected chi connectivity index (χ4v) is 6.30. The number of hydrogen-bond donors (Lipinski definition) is 1. The number of aliphatic hydroxyl groups excluding tert-OH is 1. The molecule has 0 aromatic heterocycles. The van der Waals surface area contributed by atoms with E-state index in [1.807, 2.05) is 0 Å². The Morgan fingerprint density at radius 1 is 0.625 bits per heavy atom. The fraction of sp³-hybridized carbons (Fsp3) is 0.905. The molecule has 4 atom stereocenters. The van der Waals surface area contributed by atoms with Gasteiger partial charge in [0.25, 0.3) is 0 Å². The van der Waals surface area contributed by atoms with E-state index in [2.05, 4.69) is 32.9 Å². The summed E-state index contributed by atoms with van der Waals surface area (Å²) in [6.07, 6.45) is 38.6. The predicted molar refractivity (Wildman–Crippen MR) is 200 cm³/mol. The molecule has 282 valence electrons. The largest absolute Gasteiger partial charge is 0.463 e. The van der Waals surface area contributed by atoms with Gasteiger partial charge in [0, 0.05) is 12.8 Å². The summed E-state index contributed by atoms with van der Waals surface area (Å²) in [5.74, 6) is 0.323. The molecule has 0 radical (unpaired) electrons. The zero-order valence-corrected chi connectivity index (χ0v) is 31.9. The molecule has 1 N–H and O–H groups in total. The van der Waals surface area contributed by atoms with Crippen molar-refractivity contribution in [2.45, 2.75) is 225 Å². The van der Waals surface area contributed by atoms with Crippen molar-refractivity contribution in [3.63, 3.8) is 0 Å². The first-order chi connectivity index (χ1) is 23.5. The average Bonchev–Trinajstić information content (AvgIpc) is 3.84. The van der Waals surface area contributed by atoms with E-state index in [0.717, 1.165) is 57.3 Å². The van der Waals surface area contributed by atoms with Gasteiger partial charge >= 0.3 is 11.9 Å². The van der Waals surface area contributed by atoms with Gasteiger partial charge in [-0.15, -0.1) is 0 Å². The van der Waals surface area contributed by atoms with E-state index in [4.69, 9.17) is 14.2 Å².